The highest BCUT2D eigenvalue weighted by molar-refractivity contribution is 6.33. The van der Waals surface area contributed by atoms with Crippen LogP contribution < -0.4 is 10.6 Å². The first-order chi connectivity index (χ1) is 7.70. The van der Waals surface area contributed by atoms with Gasteiger partial charge in [0.15, 0.2) is 0 Å². The molecule has 2 rings (SSSR count). The highest BCUT2D eigenvalue weighted by Gasteiger charge is 2.22. The Balaban J connectivity index is 2.16. The van der Waals surface area contributed by atoms with Gasteiger partial charge in [-0.15, -0.1) is 0 Å². The number of piperidine rings is 1. The van der Waals surface area contributed by atoms with Gasteiger partial charge in [0.25, 0.3) is 0 Å². The van der Waals surface area contributed by atoms with Gasteiger partial charge in [-0.2, -0.15) is 0 Å². The summed E-state index contributed by atoms with van der Waals surface area (Å²) in [5.74, 6) is 0.803. The van der Waals surface area contributed by atoms with Gasteiger partial charge in [-0.3, -0.25) is 0 Å². The molecule has 2 heterocycles. The van der Waals surface area contributed by atoms with E-state index >= 15 is 0 Å². The highest BCUT2D eigenvalue weighted by atomic mass is 35.5. The molecule has 0 aromatic carbocycles. The Hall–Kier alpha value is -1.00. The fourth-order valence-electron chi connectivity index (χ4n) is 2.00. The number of pyridine rings is 1. The van der Waals surface area contributed by atoms with Crippen LogP contribution >= 0.6 is 11.6 Å². The zero-order chi connectivity index (χ0) is 11.5. The molecule has 1 unspecified atom stereocenters. The molecule has 1 aliphatic heterocycles. The lowest BCUT2D eigenvalue weighted by Crippen LogP contribution is -2.39. The van der Waals surface area contributed by atoms with E-state index < -0.39 is 0 Å². The van der Waals surface area contributed by atoms with Crippen LogP contribution in [0.5, 0.6) is 0 Å². The van der Waals surface area contributed by atoms with Crippen molar-refractivity contribution in [1.29, 1.82) is 0 Å². The second kappa shape index (κ2) is 4.89. The summed E-state index contributed by atoms with van der Waals surface area (Å²) in [4.78, 5) is 6.44. The minimum absolute atomic E-state index is 0.268. The first-order valence-corrected chi connectivity index (χ1v) is 5.77. The molecule has 1 fully saturated rings. The minimum Gasteiger partial charge on any atom is -0.397 e. The number of hydrogen-bond donors (Lipinski definition) is 1. The molecule has 1 aliphatic rings. The number of anilines is 2. The van der Waals surface area contributed by atoms with Crippen molar-refractivity contribution in [3.8, 4) is 0 Å². The molecule has 5 heteroatoms. The maximum atomic E-state index is 6.13. The van der Waals surface area contributed by atoms with Crippen molar-refractivity contribution in [2.45, 2.75) is 18.9 Å². The van der Waals surface area contributed by atoms with Gasteiger partial charge in [-0.1, -0.05) is 11.6 Å². The summed E-state index contributed by atoms with van der Waals surface area (Å²) in [5.41, 5.74) is 6.21. The molecule has 1 aromatic rings. The van der Waals surface area contributed by atoms with Crippen LogP contribution in [0.25, 0.3) is 0 Å². The molecule has 0 bridgehead atoms. The van der Waals surface area contributed by atoms with Gasteiger partial charge >= 0.3 is 0 Å². The monoisotopic (exact) mass is 241 g/mol. The van der Waals surface area contributed by atoms with Crippen molar-refractivity contribution in [2.24, 2.45) is 0 Å². The largest absolute Gasteiger partial charge is 0.397 e. The normalized spacial score (nSPS) is 21.1. The van der Waals surface area contributed by atoms with Crippen molar-refractivity contribution in [3.05, 3.63) is 17.3 Å². The highest BCUT2D eigenvalue weighted by Crippen LogP contribution is 2.27. The van der Waals surface area contributed by atoms with E-state index in [0.29, 0.717) is 10.7 Å². The molecule has 0 aliphatic carbocycles. The Morgan fingerprint density at radius 1 is 1.62 bits per heavy atom. The van der Waals surface area contributed by atoms with Gasteiger partial charge in [0.05, 0.1) is 23.0 Å². The van der Waals surface area contributed by atoms with Gasteiger partial charge in [-0.05, 0) is 18.9 Å². The van der Waals surface area contributed by atoms with E-state index in [2.05, 4.69) is 9.88 Å². The van der Waals surface area contributed by atoms with Gasteiger partial charge in [0.1, 0.15) is 5.82 Å². The third-order valence-electron chi connectivity index (χ3n) is 2.85. The van der Waals surface area contributed by atoms with Crippen molar-refractivity contribution >= 4 is 23.1 Å². The fourth-order valence-corrected chi connectivity index (χ4v) is 2.30. The minimum atomic E-state index is 0.268. The third kappa shape index (κ3) is 2.39. The first kappa shape index (κ1) is 11.5. The molecule has 2 N–H and O–H groups in total. The van der Waals surface area contributed by atoms with Gasteiger partial charge < -0.3 is 15.4 Å². The molecule has 1 aromatic heterocycles. The molecule has 0 radical (unpaired) electrons. The van der Waals surface area contributed by atoms with Crippen LogP contribution in [0.1, 0.15) is 12.8 Å². The second-order valence-corrected chi connectivity index (χ2v) is 4.43. The van der Waals surface area contributed by atoms with E-state index in [1.54, 1.807) is 19.4 Å². The first-order valence-electron chi connectivity index (χ1n) is 5.39. The van der Waals surface area contributed by atoms with Crippen LogP contribution in [0.15, 0.2) is 12.3 Å². The van der Waals surface area contributed by atoms with Crippen LogP contribution in [0, 0.1) is 0 Å². The number of nitrogens with zero attached hydrogens (tertiary/aromatic N) is 2. The molecular weight excluding hydrogens is 226 g/mol. The fraction of sp³-hybridized carbons (Fsp3) is 0.545. The summed E-state index contributed by atoms with van der Waals surface area (Å²) >= 11 is 6.13. The standard InChI is InChI=1S/C11H16ClN3O/c1-16-9-3-2-4-15(7-9)11-10(12)5-8(13)6-14-11/h5-6,9H,2-4,7,13H2,1H3. The molecule has 1 saturated heterocycles. The summed E-state index contributed by atoms with van der Waals surface area (Å²) in [7, 11) is 1.74. The Morgan fingerprint density at radius 2 is 2.44 bits per heavy atom. The quantitative estimate of drug-likeness (QED) is 0.860. The second-order valence-electron chi connectivity index (χ2n) is 4.02. The van der Waals surface area contributed by atoms with Gasteiger partial charge in [-0.25, -0.2) is 4.98 Å². The van der Waals surface area contributed by atoms with Crippen molar-refractivity contribution in [1.82, 2.24) is 4.98 Å². The molecule has 1 atom stereocenters. The van der Waals surface area contributed by atoms with E-state index in [9.17, 15) is 0 Å². The summed E-state index contributed by atoms with van der Waals surface area (Å²) in [6, 6.07) is 1.74. The lowest BCUT2D eigenvalue weighted by molar-refractivity contribution is 0.0891. The predicted molar refractivity (Wildman–Crippen MR) is 65.9 cm³/mol. The number of methoxy groups -OCH3 is 1. The predicted octanol–water partition coefficient (Wildman–Crippen LogP) is 1.93. The molecule has 16 heavy (non-hydrogen) atoms. The average Bonchev–Trinajstić information content (AvgIpc) is 2.29. The maximum Gasteiger partial charge on any atom is 0.147 e. The molecule has 4 nitrogen and oxygen atoms in total. The van der Waals surface area contributed by atoms with E-state index in [1.807, 2.05) is 0 Å². The molecule has 0 saturated carbocycles. The Kier molecular flexibility index (Phi) is 3.51. The number of hydrogen-bond acceptors (Lipinski definition) is 4. The van der Waals surface area contributed by atoms with E-state index in [4.69, 9.17) is 22.1 Å². The van der Waals surface area contributed by atoms with Crippen LogP contribution in [-0.4, -0.2) is 31.3 Å². The van der Waals surface area contributed by atoms with E-state index in [-0.39, 0.29) is 6.10 Å². The number of halogens is 1. The molecule has 0 amide bonds. The summed E-state index contributed by atoms with van der Waals surface area (Å²) in [6.45, 7) is 1.81. The SMILES string of the molecule is COC1CCCN(c2ncc(N)cc2Cl)C1. The number of rotatable bonds is 2. The van der Waals surface area contributed by atoms with Crippen LogP contribution in [0.3, 0.4) is 0 Å². The molecule has 0 spiro atoms. The zero-order valence-corrected chi connectivity index (χ0v) is 10.1. The third-order valence-corrected chi connectivity index (χ3v) is 3.13. The van der Waals surface area contributed by atoms with Crippen molar-refractivity contribution < 1.29 is 4.74 Å². The van der Waals surface area contributed by atoms with E-state index in [1.165, 1.54) is 0 Å². The average molecular weight is 242 g/mol. The molecule has 88 valence electrons. The summed E-state index contributed by atoms with van der Waals surface area (Å²) < 4.78 is 5.37. The number of nitrogen functional groups attached to an aromatic ring is 1. The van der Waals surface area contributed by atoms with Crippen LogP contribution in [0.2, 0.25) is 5.02 Å². The lowest BCUT2D eigenvalue weighted by atomic mass is 10.1. The number of nitrogens with two attached hydrogens (primary N) is 1. The van der Waals surface area contributed by atoms with Crippen LogP contribution in [0.4, 0.5) is 11.5 Å². The Labute approximate surface area is 100 Å². The zero-order valence-electron chi connectivity index (χ0n) is 9.32. The summed E-state index contributed by atoms with van der Waals surface area (Å²) in [5, 5.41) is 0.608. The smallest absolute Gasteiger partial charge is 0.147 e. The maximum absolute atomic E-state index is 6.13. The van der Waals surface area contributed by atoms with Crippen LogP contribution in [-0.2, 0) is 4.74 Å². The Morgan fingerprint density at radius 3 is 3.12 bits per heavy atom. The van der Waals surface area contributed by atoms with E-state index in [0.717, 1.165) is 31.7 Å². The van der Waals surface area contributed by atoms with Gasteiger partial charge in [0, 0.05) is 20.2 Å². The van der Waals surface area contributed by atoms with Crippen molar-refractivity contribution in [3.63, 3.8) is 0 Å². The number of ether oxygens (including phenoxy) is 1. The van der Waals surface area contributed by atoms with Gasteiger partial charge in [0.2, 0.25) is 0 Å². The lowest BCUT2D eigenvalue weighted by Gasteiger charge is -2.33. The molecular formula is C11H16ClN3O. The van der Waals surface area contributed by atoms with Crippen molar-refractivity contribution in [2.75, 3.05) is 30.8 Å². The topological polar surface area (TPSA) is 51.4 Å². The number of aromatic nitrogens is 1. The summed E-state index contributed by atoms with van der Waals surface area (Å²) in [6.07, 6.45) is 4.10. The Bertz CT molecular complexity index is 372.